The topological polar surface area (TPSA) is 91.8 Å². The van der Waals surface area contributed by atoms with E-state index in [1.54, 1.807) is 12.1 Å². The minimum Gasteiger partial charge on any atom is -0.444 e. The fraction of sp³-hybridized carbons (Fsp3) is 0.520. The van der Waals surface area contributed by atoms with Crippen LogP contribution < -0.4 is 5.32 Å². The number of amides is 1. The van der Waals surface area contributed by atoms with Crippen LogP contribution >= 0.6 is 0 Å². The van der Waals surface area contributed by atoms with Crippen LogP contribution in [0.25, 0.3) is 0 Å². The van der Waals surface area contributed by atoms with Gasteiger partial charge >= 0.3 is 6.09 Å². The molecule has 8 heteroatoms. The van der Waals surface area contributed by atoms with E-state index in [0.29, 0.717) is 24.8 Å². The Morgan fingerprint density at radius 1 is 1.24 bits per heavy atom. The van der Waals surface area contributed by atoms with Gasteiger partial charge in [0.1, 0.15) is 11.4 Å². The molecule has 3 unspecified atom stereocenters. The highest BCUT2D eigenvalue weighted by atomic mass is 32.2. The third-order valence-corrected chi connectivity index (χ3v) is 6.45. The van der Waals surface area contributed by atoms with Gasteiger partial charge in [0.05, 0.1) is 0 Å². The molecule has 3 rings (SSSR count). The van der Waals surface area contributed by atoms with Gasteiger partial charge in [-0.05, 0) is 77.0 Å². The van der Waals surface area contributed by atoms with Crippen molar-refractivity contribution < 1.29 is 18.3 Å². The fourth-order valence-corrected chi connectivity index (χ4v) is 4.87. The number of benzene rings is 1. The van der Waals surface area contributed by atoms with Crippen molar-refractivity contribution in [3.8, 4) is 0 Å². The summed E-state index contributed by atoms with van der Waals surface area (Å²) in [4.78, 5) is 19.1. The Kier molecular flexibility index (Phi) is 8.13. The van der Waals surface area contributed by atoms with Gasteiger partial charge < -0.3 is 19.5 Å². The Morgan fingerprint density at radius 3 is 2.64 bits per heavy atom. The summed E-state index contributed by atoms with van der Waals surface area (Å²) >= 11 is -2.09. The van der Waals surface area contributed by atoms with Gasteiger partial charge in [-0.3, -0.25) is 0 Å². The molecule has 1 aromatic heterocycles. The van der Waals surface area contributed by atoms with Crippen LogP contribution in [0.2, 0.25) is 0 Å². The molecule has 0 saturated carbocycles. The van der Waals surface area contributed by atoms with Gasteiger partial charge in [-0.1, -0.05) is 36.4 Å². The van der Waals surface area contributed by atoms with Crippen molar-refractivity contribution in [1.29, 1.82) is 0 Å². The lowest BCUT2D eigenvalue weighted by molar-refractivity contribution is 0.0105. The summed E-state index contributed by atoms with van der Waals surface area (Å²) in [5.41, 5.74) is 0.373. The van der Waals surface area contributed by atoms with E-state index >= 15 is 0 Å². The second kappa shape index (κ2) is 10.7. The van der Waals surface area contributed by atoms with E-state index in [1.807, 2.05) is 43.9 Å². The number of aromatic nitrogens is 1. The van der Waals surface area contributed by atoms with Crippen LogP contribution in [-0.2, 0) is 22.2 Å². The summed E-state index contributed by atoms with van der Waals surface area (Å²) in [6, 6.07) is 15.3. The molecular formula is C25H35N3O4S. The number of likely N-dealkylation sites (tertiary alicyclic amines) is 1. The van der Waals surface area contributed by atoms with Crippen molar-refractivity contribution in [1.82, 2.24) is 9.88 Å². The monoisotopic (exact) mass is 473 g/mol. The van der Waals surface area contributed by atoms with Crippen molar-refractivity contribution >= 4 is 23.0 Å². The number of anilines is 1. The number of ether oxygens (including phenoxy) is 1. The maximum absolute atomic E-state index is 13.1. The number of nitrogens with one attached hydrogen (secondary N) is 1. The molecule has 1 aromatic carbocycles. The van der Waals surface area contributed by atoms with E-state index in [9.17, 15) is 13.6 Å². The molecule has 1 aliphatic heterocycles. The first-order chi connectivity index (χ1) is 15.6. The fourth-order valence-electron chi connectivity index (χ4n) is 4.50. The smallest absolute Gasteiger partial charge is 0.410 e. The van der Waals surface area contributed by atoms with E-state index < -0.39 is 16.7 Å². The predicted molar refractivity (Wildman–Crippen MR) is 131 cm³/mol. The lowest BCUT2D eigenvalue weighted by Crippen LogP contribution is -2.48. The minimum atomic E-state index is -2.09. The van der Waals surface area contributed by atoms with E-state index in [1.165, 1.54) is 11.6 Å². The molecule has 3 atom stereocenters. The van der Waals surface area contributed by atoms with E-state index in [4.69, 9.17) is 4.74 Å². The molecule has 1 amide bonds. The first-order valence-electron chi connectivity index (χ1n) is 11.4. The minimum absolute atomic E-state index is 0.139. The standard InChI is InChI=1S/C25H35N3O4S/c1-24(2,3)32-23(29)28-18-20(17-25(28,4)16-19-10-6-5-7-11-19)12-9-15-26-21-13-8-14-22(27-21)33(30)31/h5-8,10-11,13-14,20H,9,12,15-18H2,1-4H3,(H,26,27)(H,30,31). The average molecular weight is 474 g/mol. The molecule has 1 fully saturated rings. The van der Waals surface area contributed by atoms with E-state index in [0.717, 1.165) is 25.7 Å². The molecular weight excluding hydrogens is 438 g/mol. The Morgan fingerprint density at radius 2 is 1.97 bits per heavy atom. The van der Waals surface area contributed by atoms with Crippen molar-refractivity contribution in [2.75, 3.05) is 18.4 Å². The highest BCUT2D eigenvalue weighted by Gasteiger charge is 2.45. The average Bonchev–Trinajstić information content (AvgIpc) is 3.07. The number of pyridine rings is 1. The van der Waals surface area contributed by atoms with Crippen LogP contribution in [0.3, 0.4) is 0 Å². The quantitative estimate of drug-likeness (QED) is 0.409. The van der Waals surface area contributed by atoms with Gasteiger partial charge in [-0.15, -0.1) is 0 Å². The molecule has 1 aliphatic rings. The van der Waals surface area contributed by atoms with Crippen LogP contribution in [-0.4, -0.2) is 49.0 Å². The summed E-state index contributed by atoms with van der Waals surface area (Å²) in [5.74, 6) is 0.961. The van der Waals surface area contributed by atoms with Crippen molar-refractivity contribution in [2.24, 2.45) is 5.92 Å². The summed E-state index contributed by atoms with van der Waals surface area (Å²) in [6.45, 7) is 9.23. The van der Waals surface area contributed by atoms with Crippen LogP contribution in [0.5, 0.6) is 0 Å². The number of carbonyl (C=O) groups is 1. The molecule has 2 N–H and O–H groups in total. The SMILES string of the molecule is CC(C)(C)OC(=O)N1CC(CCCNc2cccc(S(=O)O)n2)CC1(C)Cc1ccccc1. The van der Waals surface area contributed by atoms with Crippen molar-refractivity contribution in [3.05, 3.63) is 54.1 Å². The van der Waals surface area contributed by atoms with E-state index in [2.05, 4.69) is 29.4 Å². The zero-order valence-electron chi connectivity index (χ0n) is 19.9. The molecule has 7 nitrogen and oxygen atoms in total. The zero-order valence-corrected chi connectivity index (χ0v) is 20.7. The van der Waals surface area contributed by atoms with Crippen LogP contribution in [0.1, 0.15) is 52.5 Å². The number of nitrogens with zero attached hydrogens (tertiary/aromatic N) is 2. The van der Waals surface area contributed by atoms with Crippen LogP contribution in [0.4, 0.5) is 10.6 Å². The number of hydrogen-bond acceptors (Lipinski definition) is 5. The Bertz CT molecular complexity index is 964. The molecule has 0 radical (unpaired) electrons. The first kappa shape index (κ1) is 25.2. The second-order valence-corrected chi connectivity index (χ2v) is 10.9. The van der Waals surface area contributed by atoms with Crippen LogP contribution in [0.15, 0.2) is 53.6 Å². The zero-order chi connectivity index (χ0) is 24.1. The normalized spacial score (nSPS) is 21.6. The Labute approximate surface area is 199 Å². The maximum atomic E-state index is 13.1. The first-order valence-corrected chi connectivity index (χ1v) is 12.5. The predicted octanol–water partition coefficient (Wildman–Crippen LogP) is 5.11. The second-order valence-electron chi connectivity index (χ2n) is 10.00. The molecule has 0 aliphatic carbocycles. The lowest BCUT2D eigenvalue weighted by atomic mass is 9.86. The highest BCUT2D eigenvalue weighted by Crippen LogP contribution is 2.38. The number of rotatable bonds is 8. The van der Waals surface area contributed by atoms with Crippen LogP contribution in [0, 0.1) is 5.92 Å². The van der Waals surface area contributed by atoms with Gasteiger partial charge in [-0.2, -0.15) is 0 Å². The largest absolute Gasteiger partial charge is 0.444 e. The van der Waals surface area contributed by atoms with Crippen molar-refractivity contribution in [2.45, 2.75) is 69.5 Å². The van der Waals surface area contributed by atoms with Gasteiger partial charge in [0.2, 0.25) is 11.1 Å². The van der Waals surface area contributed by atoms with Gasteiger partial charge in [-0.25, -0.2) is 14.0 Å². The third-order valence-electron chi connectivity index (χ3n) is 5.86. The lowest BCUT2D eigenvalue weighted by Gasteiger charge is -2.36. The Balaban J connectivity index is 1.61. The Hall–Kier alpha value is -2.45. The number of hydrogen-bond donors (Lipinski definition) is 2. The summed E-state index contributed by atoms with van der Waals surface area (Å²) in [7, 11) is 0. The molecule has 33 heavy (non-hydrogen) atoms. The summed E-state index contributed by atoms with van der Waals surface area (Å²) in [6.07, 6.45) is 3.32. The molecule has 0 spiro atoms. The molecule has 2 aromatic rings. The molecule has 180 valence electrons. The van der Waals surface area contributed by atoms with Gasteiger partial charge in [0, 0.05) is 18.6 Å². The van der Waals surface area contributed by atoms with Crippen molar-refractivity contribution in [3.63, 3.8) is 0 Å². The van der Waals surface area contributed by atoms with Gasteiger partial charge in [0.25, 0.3) is 0 Å². The maximum Gasteiger partial charge on any atom is 0.410 e. The number of carbonyl (C=O) groups excluding carboxylic acids is 1. The summed E-state index contributed by atoms with van der Waals surface area (Å²) in [5, 5.41) is 3.37. The van der Waals surface area contributed by atoms with E-state index in [-0.39, 0.29) is 16.7 Å². The summed E-state index contributed by atoms with van der Waals surface area (Å²) < 4.78 is 26.1. The highest BCUT2D eigenvalue weighted by molar-refractivity contribution is 7.79. The molecule has 2 heterocycles. The molecule has 0 bridgehead atoms. The molecule has 1 saturated heterocycles. The third kappa shape index (κ3) is 7.27. The van der Waals surface area contributed by atoms with Gasteiger partial charge in [0.15, 0.2) is 5.03 Å².